The second-order valence-electron chi connectivity index (χ2n) is 5.16. The lowest BCUT2D eigenvalue weighted by molar-refractivity contribution is -0.139. The molecule has 0 radical (unpaired) electrons. The van der Waals surface area contributed by atoms with Gasteiger partial charge in [0.25, 0.3) is 0 Å². The molecule has 2 N–H and O–H groups in total. The molecule has 2 rings (SSSR count). The highest BCUT2D eigenvalue weighted by atomic mass is 19.4. The standard InChI is InChI=1S/C17H16F3N3O3/c1-2-14(11-3-6-13(7-4-11)26-10-16(24)25)22-23-15-8-5-12(9-21-15)17(18,19)20/h3-9H,2,10H2,1H3,(H,21,23)(H,24,25)/b22-14-. The van der Waals surface area contributed by atoms with Gasteiger partial charge in [-0.3, -0.25) is 5.43 Å². The Bertz CT molecular complexity index is 773. The summed E-state index contributed by atoms with van der Waals surface area (Å²) in [5.41, 5.74) is 3.20. The number of pyridine rings is 1. The first-order valence-electron chi connectivity index (χ1n) is 7.60. The van der Waals surface area contributed by atoms with E-state index in [1.807, 2.05) is 6.92 Å². The zero-order valence-electron chi connectivity index (χ0n) is 13.7. The van der Waals surface area contributed by atoms with Gasteiger partial charge < -0.3 is 9.84 Å². The first kappa shape index (κ1) is 19.2. The number of carboxylic acids is 1. The molecule has 0 saturated heterocycles. The summed E-state index contributed by atoms with van der Waals surface area (Å²) < 4.78 is 42.6. The van der Waals surface area contributed by atoms with Crippen molar-refractivity contribution in [3.8, 4) is 5.75 Å². The van der Waals surface area contributed by atoms with Crippen LogP contribution in [0.5, 0.6) is 5.75 Å². The highest BCUT2D eigenvalue weighted by molar-refractivity contribution is 6.00. The summed E-state index contributed by atoms with van der Waals surface area (Å²) >= 11 is 0. The van der Waals surface area contributed by atoms with E-state index in [2.05, 4.69) is 15.5 Å². The van der Waals surface area contributed by atoms with Gasteiger partial charge in [-0.05, 0) is 48.4 Å². The maximum atomic E-state index is 12.5. The SMILES string of the molecule is CC/C(=N/Nc1ccc(C(F)(F)F)cn1)c1ccc(OCC(=O)O)cc1. The smallest absolute Gasteiger partial charge is 0.417 e. The number of halogens is 3. The first-order chi connectivity index (χ1) is 12.3. The molecule has 0 aliphatic carbocycles. The molecule has 9 heteroatoms. The molecule has 0 fully saturated rings. The van der Waals surface area contributed by atoms with E-state index in [4.69, 9.17) is 9.84 Å². The molecule has 0 spiro atoms. The van der Waals surface area contributed by atoms with Crippen molar-refractivity contribution < 1.29 is 27.8 Å². The number of nitrogens with one attached hydrogen (secondary N) is 1. The van der Waals surface area contributed by atoms with Crippen LogP contribution in [0, 0.1) is 0 Å². The molecule has 1 heterocycles. The summed E-state index contributed by atoms with van der Waals surface area (Å²) in [5.74, 6) is -0.479. The Morgan fingerprint density at radius 1 is 1.23 bits per heavy atom. The van der Waals surface area contributed by atoms with Gasteiger partial charge in [0.1, 0.15) is 11.6 Å². The van der Waals surface area contributed by atoms with E-state index >= 15 is 0 Å². The highest BCUT2D eigenvalue weighted by Gasteiger charge is 2.30. The maximum Gasteiger partial charge on any atom is 0.417 e. The van der Waals surface area contributed by atoms with Gasteiger partial charge in [0.05, 0.1) is 11.3 Å². The molecular weight excluding hydrogens is 351 g/mol. The number of nitrogens with zero attached hydrogens (tertiary/aromatic N) is 2. The van der Waals surface area contributed by atoms with Gasteiger partial charge in [0, 0.05) is 6.20 Å². The molecule has 0 saturated carbocycles. The molecule has 1 aromatic heterocycles. The highest BCUT2D eigenvalue weighted by Crippen LogP contribution is 2.28. The van der Waals surface area contributed by atoms with Crippen LogP contribution in [0.25, 0.3) is 0 Å². The fourth-order valence-electron chi connectivity index (χ4n) is 1.99. The number of aromatic nitrogens is 1. The number of hydrazone groups is 1. The molecule has 0 unspecified atom stereocenters. The predicted octanol–water partition coefficient (Wildman–Crippen LogP) is 3.79. The third-order valence-corrected chi connectivity index (χ3v) is 3.28. The Balaban J connectivity index is 2.06. The maximum absolute atomic E-state index is 12.5. The minimum Gasteiger partial charge on any atom is -0.482 e. The van der Waals surface area contributed by atoms with Gasteiger partial charge in [0.15, 0.2) is 6.61 Å². The minimum atomic E-state index is -4.44. The lowest BCUT2D eigenvalue weighted by atomic mass is 10.1. The third-order valence-electron chi connectivity index (χ3n) is 3.28. The lowest BCUT2D eigenvalue weighted by Gasteiger charge is -2.09. The fourth-order valence-corrected chi connectivity index (χ4v) is 1.99. The number of hydrogen-bond donors (Lipinski definition) is 2. The Labute approximate surface area is 147 Å². The molecule has 26 heavy (non-hydrogen) atoms. The molecule has 0 bridgehead atoms. The van der Waals surface area contributed by atoms with Crippen LogP contribution in [-0.4, -0.2) is 28.4 Å². The van der Waals surface area contributed by atoms with Crippen LogP contribution in [-0.2, 0) is 11.0 Å². The van der Waals surface area contributed by atoms with Crippen LogP contribution >= 0.6 is 0 Å². The zero-order chi connectivity index (χ0) is 19.2. The largest absolute Gasteiger partial charge is 0.482 e. The number of hydrogen-bond acceptors (Lipinski definition) is 5. The van der Waals surface area contributed by atoms with E-state index in [0.717, 1.165) is 17.8 Å². The second-order valence-corrected chi connectivity index (χ2v) is 5.16. The van der Waals surface area contributed by atoms with Gasteiger partial charge in [-0.25, -0.2) is 9.78 Å². The average Bonchev–Trinajstić information content (AvgIpc) is 2.61. The second kappa shape index (κ2) is 8.32. The van der Waals surface area contributed by atoms with E-state index in [-0.39, 0.29) is 5.82 Å². The van der Waals surface area contributed by atoms with Gasteiger partial charge >= 0.3 is 12.1 Å². The van der Waals surface area contributed by atoms with Crippen molar-refractivity contribution in [1.82, 2.24) is 4.98 Å². The van der Waals surface area contributed by atoms with Crippen molar-refractivity contribution in [2.45, 2.75) is 19.5 Å². The van der Waals surface area contributed by atoms with E-state index in [0.29, 0.717) is 17.9 Å². The Morgan fingerprint density at radius 3 is 2.42 bits per heavy atom. The van der Waals surface area contributed by atoms with Crippen LogP contribution in [0.2, 0.25) is 0 Å². The normalized spacial score (nSPS) is 11.9. The van der Waals surface area contributed by atoms with E-state index in [1.165, 1.54) is 6.07 Å². The molecule has 0 aliphatic rings. The number of aliphatic carboxylic acids is 1. The number of rotatable bonds is 7. The zero-order valence-corrected chi connectivity index (χ0v) is 13.7. The third kappa shape index (κ3) is 5.47. The fraction of sp³-hybridized carbons (Fsp3) is 0.235. The van der Waals surface area contributed by atoms with Crippen LogP contribution in [0.15, 0.2) is 47.7 Å². The molecule has 0 atom stereocenters. The molecule has 2 aromatic rings. The van der Waals surface area contributed by atoms with Crippen LogP contribution < -0.4 is 10.2 Å². The van der Waals surface area contributed by atoms with Crippen LogP contribution in [0.1, 0.15) is 24.5 Å². The number of carbonyl (C=O) groups is 1. The van der Waals surface area contributed by atoms with Crippen molar-refractivity contribution in [1.29, 1.82) is 0 Å². The molecule has 1 aromatic carbocycles. The van der Waals surface area contributed by atoms with Gasteiger partial charge in [-0.15, -0.1) is 0 Å². The van der Waals surface area contributed by atoms with E-state index in [9.17, 15) is 18.0 Å². The average molecular weight is 367 g/mol. The quantitative estimate of drug-likeness (QED) is 0.575. The summed E-state index contributed by atoms with van der Waals surface area (Å²) in [6.45, 7) is 1.44. The summed E-state index contributed by atoms with van der Waals surface area (Å²) in [7, 11) is 0. The number of carboxylic acid groups (broad SMARTS) is 1. The monoisotopic (exact) mass is 367 g/mol. The Kier molecular flexibility index (Phi) is 6.16. The number of ether oxygens (including phenoxy) is 1. The Hall–Kier alpha value is -3.10. The Morgan fingerprint density at radius 2 is 1.92 bits per heavy atom. The molecular formula is C17H16F3N3O3. The summed E-state index contributed by atoms with van der Waals surface area (Å²) in [5, 5.41) is 12.7. The van der Waals surface area contributed by atoms with E-state index < -0.39 is 24.3 Å². The van der Waals surface area contributed by atoms with Gasteiger partial charge in [-0.1, -0.05) is 6.92 Å². The molecule has 138 valence electrons. The summed E-state index contributed by atoms with van der Waals surface area (Å²) in [6.07, 6.45) is -3.14. The number of anilines is 1. The minimum absolute atomic E-state index is 0.186. The molecule has 0 amide bonds. The number of alkyl halides is 3. The molecule has 6 nitrogen and oxygen atoms in total. The summed E-state index contributed by atoms with van der Waals surface area (Å²) in [6, 6.07) is 8.76. The van der Waals surface area contributed by atoms with Crippen molar-refractivity contribution in [3.63, 3.8) is 0 Å². The lowest BCUT2D eigenvalue weighted by Crippen LogP contribution is -2.09. The van der Waals surface area contributed by atoms with Crippen LogP contribution in [0.3, 0.4) is 0 Å². The first-order valence-corrected chi connectivity index (χ1v) is 7.60. The van der Waals surface area contributed by atoms with Crippen molar-refractivity contribution in [2.75, 3.05) is 12.0 Å². The topological polar surface area (TPSA) is 83.8 Å². The van der Waals surface area contributed by atoms with Gasteiger partial charge in [0.2, 0.25) is 0 Å². The number of benzene rings is 1. The summed E-state index contributed by atoms with van der Waals surface area (Å²) in [4.78, 5) is 14.2. The van der Waals surface area contributed by atoms with Crippen molar-refractivity contribution >= 4 is 17.5 Å². The van der Waals surface area contributed by atoms with Crippen molar-refractivity contribution in [2.24, 2.45) is 5.10 Å². The predicted molar refractivity (Wildman–Crippen MR) is 89.3 cm³/mol. The van der Waals surface area contributed by atoms with Gasteiger partial charge in [-0.2, -0.15) is 18.3 Å². The van der Waals surface area contributed by atoms with Crippen LogP contribution in [0.4, 0.5) is 19.0 Å². The van der Waals surface area contributed by atoms with Crippen molar-refractivity contribution in [3.05, 3.63) is 53.7 Å². The molecule has 0 aliphatic heterocycles. The van der Waals surface area contributed by atoms with E-state index in [1.54, 1.807) is 24.3 Å².